The summed E-state index contributed by atoms with van der Waals surface area (Å²) in [7, 11) is 0. The molecule has 0 aliphatic carbocycles. The number of hydrazine groups is 1. The Hall–Kier alpha value is -2.84. The van der Waals surface area contributed by atoms with Crippen LogP contribution >= 0.6 is 11.3 Å². The van der Waals surface area contributed by atoms with Crippen LogP contribution in [0.5, 0.6) is 0 Å². The molecule has 2 aromatic rings. The van der Waals surface area contributed by atoms with Gasteiger partial charge in [-0.2, -0.15) is 0 Å². The first-order valence-electron chi connectivity index (χ1n) is 9.71. The monoisotopic (exact) mass is 409 g/mol. The summed E-state index contributed by atoms with van der Waals surface area (Å²) in [5.41, 5.74) is 5.93. The van der Waals surface area contributed by atoms with Crippen molar-refractivity contribution in [3.63, 3.8) is 0 Å². The number of hydrogen-bond donors (Lipinski definition) is 1. The van der Waals surface area contributed by atoms with Gasteiger partial charge in [-0.3, -0.25) is 9.59 Å². The second-order valence-corrected chi connectivity index (χ2v) is 7.96. The number of fused-ring (bicyclic) bond motifs is 1. The van der Waals surface area contributed by atoms with Crippen molar-refractivity contribution in [3.05, 3.63) is 51.6 Å². The summed E-state index contributed by atoms with van der Waals surface area (Å²) < 4.78 is 0. The van der Waals surface area contributed by atoms with Crippen LogP contribution in [0.1, 0.15) is 42.5 Å². The predicted octanol–water partition coefficient (Wildman–Crippen LogP) is 2.80. The fraction of sp³-hybridized carbons (Fsp3) is 0.333. The van der Waals surface area contributed by atoms with Crippen molar-refractivity contribution in [1.82, 2.24) is 14.9 Å². The van der Waals surface area contributed by atoms with Gasteiger partial charge in [-0.25, -0.2) is 20.8 Å². The van der Waals surface area contributed by atoms with Crippen LogP contribution in [0, 0.1) is 0 Å². The molecule has 0 spiro atoms. The summed E-state index contributed by atoms with van der Waals surface area (Å²) in [4.78, 5) is 34.9. The topological polar surface area (TPSA) is 92.4 Å². The second-order valence-electron chi connectivity index (χ2n) is 7.24. The van der Waals surface area contributed by atoms with Crippen LogP contribution in [0.15, 0.2) is 34.8 Å². The van der Waals surface area contributed by atoms with Gasteiger partial charge in [0.2, 0.25) is 11.8 Å². The first kappa shape index (κ1) is 19.5. The van der Waals surface area contributed by atoms with Crippen LogP contribution in [-0.4, -0.2) is 39.8 Å². The number of nitrogens with zero attached hydrogens (tertiary/aromatic N) is 4. The number of amides is 2. The van der Waals surface area contributed by atoms with Gasteiger partial charge >= 0.3 is 0 Å². The third kappa shape index (κ3) is 4.60. The summed E-state index contributed by atoms with van der Waals surface area (Å²) in [6.07, 6.45) is 10.8. The third-order valence-corrected chi connectivity index (χ3v) is 5.84. The lowest BCUT2D eigenvalue weighted by Gasteiger charge is -2.27. The molecule has 29 heavy (non-hydrogen) atoms. The van der Waals surface area contributed by atoms with Crippen LogP contribution in [0.4, 0.5) is 5.82 Å². The quantitative estimate of drug-likeness (QED) is 0.478. The largest absolute Gasteiger partial charge is 0.339 e. The van der Waals surface area contributed by atoms with E-state index >= 15 is 0 Å². The number of thiazole rings is 1. The highest BCUT2D eigenvalue weighted by Crippen LogP contribution is 2.24. The Morgan fingerprint density at radius 1 is 1.17 bits per heavy atom. The minimum atomic E-state index is -0.122. The first-order valence-corrected chi connectivity index (χ1v) is 10.7. The van der Waals surface area contributed by atoms with Crippen LogP contribution in [0.2, 0.25) is 0 Å². The van der Waals surface area contributed by atoms with Gasteiger partial charge in [0.1, 0.15) is 0 Å². The Bertz CT molecular complexity index is 957. The maximum atomic E-state index is 12.5. The minimum Gasteiger partial charge on any atom is -0.339 e. The maximum Gasteiger partial charge on any atom is 0.246 e. The zero-order valence-corrected chi connectivity index (χ0v) is 16.9. The summed E-state index contributed by atoms with van der Waals surface area (Å²) in [6.45, 7) is 1.43. The molecule has 0 bridgehead atoms. The summed E-state index contributed by atoms with van der Waals surface area (Å²) in [5.74, 6) is 6.23. The van der Waals surface area contributed by atoms with E-state index < -0.39 is 0 Å². The molecular weight excluding hydrogens is 386 g/mol. The number of rotatable bonds is 3. The normalized spacial score (nSPS) is 17.4. The molecule has 1 fully saturated rings. The molecule has 2 aliphatic heterocycles. The van der Waals surface area contributed by atoms with Crippen molar-refractivity contribution in [1.29, 1.82) is 0 Å². The molecule has 2 aromatic heterocycles. The lowest BCUT2D eigenvalue weighted by Crippen LogP contribution is -2.37. The number of carbonyl (C=O) groups is 2. The standard InChI is InChI=1S/C21H23N5O2S/c22-26-20(28)3-1-2-17-10-16(12-23-21(17)26)4-5-19(27)25-8-6-15(7-9-25)11-18-13-29-14-24-18/h4-5,10-14H,1-3,6-9,22H2/b5-4+. The van der Waals surface area contributed by atoms with E-state index in [-0.39, 0.29) is 11.8 Å². The summed E-state index contributed by atoms with van der Waals surface area (Å²) in [6, 6.07) is 1.95. The molecule has 0 atom stereocenters. The Labute approximate surface area is 173 Å². The molecule has 0 radical (unpaired) electrons. The van der Waals surface area contributed by atoms with E-state index in [1.807, 2.05) is 21.9 Å². The number of anilines is 1. The van der Waals surface area contributed by atoms with E-state index in [0.717, 1.165) is 47.5 Å². The summed E-state index contributed by atoms with van der Waals surface area (Å²) in [5, 5.41) is 3.16. The van der Waals surface area contributed by atoms with Gasteiger partial charge < -0.3 is 4.90 Å². The van der Waals surface area contributed by atoms with E-state index in [9.17, 15) is 9.59 Å². The van der Waals surface area contributed by atoms with Crippen molar-refractivity contribution in [2.45, 2.75) is 32.1 Å². The maximum absolute atomic E-state index is 12.5. The Balaban J connectivity index is 1.38. The van der Waals surface area contributed by atoms with Crippen molar-refractivity contribution in [2.75, 3.05) is 18.1 Å². The number of pyridine rings is 1. The molecule has 0 unspecified atom stereocenters. The number of carbonyl (C=O) groups excluding carboxylic acids is 2. The molecule has 7 nitrogen and oxygen atoms in total. The minimum absolute atomic E-state index is 0.00304. The molecule has 2 amide bonds. The van der Waals surface area contributed by atoms with Crippen molar-refractivity contribution in [2.24, 2.45) is 5.84 Å². The molecule has 8 heteroatoms. The smallest absolute Gasteiger partial charge is 0.246 e. The SMILES string of the molecule is NN1C(=O)CCCc2cc(/C=C/C(=O)N3CCC(=Cc4cscn4)CC3)cnc21. The highest BCUT2D eigenvalue weighted by Gasteiger charge is 2.21. The zero-order chi connectivity index (χ0) is 20.2. The van der Waals surface area contributed by atoms with E-state index in [1.54, 1.807) is 29.7 Å². The van der Waals surface area contributed by atoms with E-state index in [4.69, 9.17) is 5.84 Å². The van der Waals surface area contributed by atoms with Crippen molar-refractivity contribution < 1.29 is 9.59 Å². The van der Waals surface area contributed by atoms with E-state index in [2.05, 4.69) is 16.0 Å². The number of nitrogens with two attached hydrogens (primary N) is 1. The van der Waals surface area contributed by atoms with Crippen LogP contribution < -0.4 is 10.9 Å². The predicted molar refractivity (Wildman–Crippen MR) is 114 cm³/mol. The average molecular weight is 410 g/mol. The fourth-order valence-corrected chi connectivity index (χ4v) is 4.13. The van der Waals surface area contributed by atoms with Gasteiger partial charge in [-0.1, -0.05) is 5.57 Å². The van der Waals surface area contributed by atoms with Gasteiger partial charge in [0.05, 0.1) is 11.2 Å². The third-order valence-electron chi connectivity index (χ3n) is 5.24. The van der Waals surface area contributed by atoms with Gasteiger partial charge in [-0.15, -0.1) is 11.3 Å². The highest BCUT2D eigenvalue weighted by molar-refractivity contribution is 7.07. The number of piperidine rings is 1. The van der Waals surface area contributed by atoms with Crippen LogP contribution in [-0.2, 0) is 16.0 Å². The van der Waals surface area contributed by atoms with Crippen LogP contribution in [0.3, 0.4) is 0 Å². The Morgan fingerprint density at radius 3 is 2.76 bits per heavy atom. The molecule has 2 N–H and O–H groups in total. The van der Waals surface area contributed by atoms with Crippen molar-refractivity contribution in [3.8, 4) is 0 Å². The summed E-state index contributed by atoms with van der Waals surface area (Å²) >= 11 is 1.59. The van der Waals surface area contributed by atoms with Gasteiger partial charge in [0.15, 0.2) is 5.82 Å². The van der Waals surface area contributed by atoms with Gasteiger partial charge in [0, 0.05) is 37.2 Å². The number of likely N-dealkylation sites (tertiary alicyclic amines) is 1. The van der Waals surface area contributed by atoms with E-state index in [0.29, 0.717) is 25.3 Å². The van der Waals surface area contributed by atoms with Crippen molar-refractivity contribution >= 4 is 41.1 Å². The molecule has 4 heterocycles. The molecule has 0 aromatic carbocycles. The van der Waals surface area contributed by atoms with Crippen LogP contribution in [0.25, 0.3) is 12.2 Å². The number of aryl methyl sites for hydroxylation is 1. The Kier molecular flexibility index (Phi) is 5.82. The number of aromatic nitrogens is 2. The lowest BCUT2D eigenvalue weighted by molar-refractivity contribution is -0.126. The molecule has 1 saturated heterocycles. The molecule has 4 rings (SSSR count). The average Bonchev–Trinajstić information content (AvgIpc) is 3.20. The van der Waals surface area contributed by atoms with Gasteiger partial charge in [-0.05, 0) is 55.0 Å². The first-order chi connectivity index (χ1) is 14.1. The lowest BCUT2D eigenvalue weighted by atomic mass is 10.0. The highest BCUT2D eigenvalue weighted by atomic mass is 32.1. The molecular formula is C21H23N5O2S. The molecule has 150 valence electrons. The van der Waals surface area contributed by atoms with Gasteiger partial charge in [0.25, 0.3) is 0 Å². The molecule has 0 saturated carbocycles. The Morgan fingerprint density at radius 2 is 2.00 bits per heavy atom. The fourth-order valence-electron chi connectivity index (χ4n) is 3.62. The second kappa shape index (κ2) is 8.67. The zero-order valence-electron chi connectivity index (χ0n) is 16.1. The van der Waals surface area contributed by atoms with E-state index in [1.165, 1.54) is 5.57 Å². The number of hydrogen-bond acceptors (Lipinski definition) is 6. The molecule has 2 aliphatic rings.